The SMILES string of the molecule is COc1ccc(N2CCN(c3nc4c(c(=O)n(C)c(=O)n4C)n3CCSc3nnc(C)s3)CC2)cc1. The summed E-state index contributed by atoms with van der Waals surface area (Å²) in [6, 6.07) is 8.06. The standard InChI is InChI=1S/C23H28N8O3S2/c1-15-25-26-22(36-15)35-14-13-31-18-19(27(2)23(33)28(3)20(18)32)24-21(31)30-11-9-29(10-12-30)16-5-7-17(34-4)8-6-16/h5-8H,9-14H2,1-4H3. The van der Waals surface area contributed by atoms with Crippen LogP contribution in [-0.4, -0.2) is 67.9 Å². The summed E-state index contributed by atoms with van der Waals surface area (Å²) < 4.78 is 10.7. The van der Waals surface area contributed by atoms with Crippen molar-refractivity contribution in [2.45, 2.75) is 17.8 Å². The maximum absolute atomic E-state index is 13.2. The number of hydrogen-bond donors (Lipinski definition) is 0. The quantitative estimate of drug-likeness (QED) is 0.332. The lowest BCUT2D eigenvalue weighted by Gasteiger charge is -2.36. The second kappa shape index (κ2) is 9.97. The molecule has 0 aliphatic carbocycles. The van der Waals surface area contributed by atoms with Crippen LogP contribution >= 0.6 is 23.1 Å². The highest BCUT2D eigenvalue weighted by molar-refractivity contribution is 8.01. The number of rotatable bonds is 7. The Morgan fingerprint density at radius 1 is 1.00 bits per heavy atom. The molecular weight excluding hydrogens is 500 g/mol. The minimum absolute atomic E-state index is 0.333. The molecule has 0 bridgehead atoms. The van der Waals surface area contributed by atoms with E-state index in [0.29, 0.717) is 29.4 Å². The first-order valence-electron chi connectivity index (χ1n) is 11.6. The molecular formula is C23H28N8O3S2. The molecule has 4 heterocycles. The topological polar surface area (TPSA) is 103 Å². The van der Waals surface area contributed by atoms with Crippen LogP contribution in [0.2, 0.25) is 0 Å². The molecule has 36 heavy (non-hydrogen) atoms. The summed E-state index contributed by atoms with van der Waals surface area (Å²) in [7, 11) is 4.83. The average molecular weight is 529 g/mol. The van der Waals surface area contributed by atoms with Crippen molar-refractivity contribution in [3.05, 3.63) is 50.1 Å². The van der Waals surface area contributed by atoms with Gasteiger partial charge in [-0.25, -0.2) is 4.79 Å². The lowest BCUT2D eigenvalue weighted by Crippen LogP contribution is -2.47. The summed E-state index contributed by atoms with van der Waals surface area (Å²) in [5.41, 5.74) is 1.28. The number of aryl methyl sites for hydroxylation is 3. The lowest BCUT2D eigenvalue weighted by atomic mass is 10.2. The van der Waals surface area contributed by atoms with Crippen LogP contribution in [0.25, 0.3) is 11.2 Å². The van der Waals surface area contributed by atoms with Gasteiger partial charge in [0, 0.05) is 58.3 Å². The minimum atomic E-state index is -0.383. The first-order valence-corrected chi connectivity index (χ1v) is 13.4. The van der Waals surface area contributed by atoms with Crippen LogP contribution in [0.1, 0.15) is 5.01 Å². The summed E-state index contributed by atoms with van der Waals surface area (Å²) >= 11 is 3.16. The van der Waals surface area contributed by atoms with E-state index in [1.807, 2.05) is 23.6 Å². The van der Waals surface area contributed by atoms with Gasteiger partial charge in [-0.3, -0.25) is 13.9 Å². The fourth-order valence-corrected chi connectivity index (χ4v) is 6.22. The number of nitrogens with zero attached hydrogens (tertiary/aromatic N) is 8. The molecule has 3 aromatic heterocycles. The smallest absolute Gasteiger partial charge is 0.332 e. The molecule has 0 atom stereocenters. The molecule has 4 aromatic rings. The second-order valence-corrected chi connectivity index (χ2v) is 11.1. The normalized spacial score (nSPS) is 14.1. The maximum Gasteiger partial charge on any atom is 0.332 e. The molecule has 0 N–H and O–H groups in total. The third-order valence-electron chi connectivity index (χ3n) is 6.38. The molecule has 5 rings (SSSR count). The van der Waals surface area contributed by atoms with Crippen LogP contribution in [0.15, 0.2) is 38.2 Å². The van der Waals surface area contributed by atoms with Crippen LogP contribution < -0.4 is 25.8 Å². The van der Waals surface area contributed by atoms with E-state index in [1.54, 1.807) is 37.3 Å². The van der Waals surface area contributed by atoms with Gasteiger partial charge >= 0.3 is 5.69 Å². The summed E-state index contributed by atoms with van der Waals surface area (Å²) in [5.74, 6) is 2.25. The Bertz CT molecular complexity index is 1500. The first-order chi connectivity index (χ1) is 17.4. The Balaban J connectivity index is 1.43. The molecule has 0 unspecified atom stereocenters. The zero-order valence-electron chi connectivity index (χ0n) is 20.7. The Morgan fingerprint density at radius 2 is 1.69 bits per heavy atom. The molecule has 0 amide bonds. The summed E-state index contributed by atoms with van der Waals surface area (Å²) in [6.45, 7) is 5.59. The van der Waals surface area contributed by atoms with E-state index in [1.165, 1.54) is 11.6 Å². The maximum atomic E-state index is 13.2. The van der Waals surface area contributed by atoms with Crippen LogP contribution in [0.4, 0.5) is 11.6 Å². The highest BCUT2D eigenvalue weighted by atomic mass is 32.2. The van der Waals surface area contributed by atoms with Crippen molar-refractivity contribution in [3.63, 3.8) is 0 Å². The summed E-state index contributed by atoms with van der Waals surface area (Å²) in [4.78, 5) is 35.1. The molecule has 1 aromatic carbocycles. The van der Waals surface area contributed by atoms with Gasteiger partial charge in [0.1, 0.15) is 10.8 Å². The van der Waals surface area contributed by atoms with Crippen molar-refractivity contribution in [2.75, 3.05) is 48.8 Å². The number of aromatic nitrogens is 6. The first kappa shape index (κ1) is 24.4. The van der Waals surface area contributed by atoms with Gasteiger partial charge in [-0.15, -0.1) is 10.2 Å². The van der Waals surface area contributed by atoms with E-state index in [-0.39, 0.29) is 11.2 Å². The molecule has 11 nitrogen and oxygen atoms in total. The van der Waals surface area contributed by atoms with Crippen LogP contribution in [0, 0.1) is 6.92 Å². The van der Waals surface area contributed by atoms with E-state index < -0.39 is 0 Å². The molecule has 1 aliphatic rings. The van der Waals surface area contributed by atoms with Crippen molar-refractivity contribution >= 4 is 45.9 Å². The largest absolute Gasteiger partial charge is 0.497 e. The van der Waals surface area contributed by atoms with Gasteiger partial charge in [0.05, 0.1) is 7.11 Å². The third kappa shape index (κ3) is 4.48. The molecule has 0 saturated carbocycles. The van der Waals surface area contributed by atoms with Crippen molar-refractivity contribution < 1.29 is 4.74 Å². The number of methoxy groups -OCH3 is 1. The predicted molar refractivity (Wildman–Crippen MR) is 143 cm³/mol. The minimum Gasteiger partial charge on any atom is -0.497 e. The number of ether oxygens (including phenoxy) is 1. The van der Waals surface area contributed by atoms with E-state index >= 15 is 0 Å². The summed E-state index contributed by atoms with van der Waals surface area (Å²) in [6.07, 6.45) is 0. The molecule has 13 heteroatoms. The Kier molecular flexibility index (Phi) is 6.75. The number of hydrogen-bond acceptors (Lipinski definition) is 10. The summed E-state index contributed by atoms with van der Waals surface area (Å²) in [5, 5.41) is 9.19. The van der Waals surface area contributed by atoms with Gasteiger partial charge in [-0.2, -0.15) is 4.98 Å². The molecule has 1 saturated heterocycles. The van der Waals surface area contributed by atoms with E-state index in [0.717, 1.165) is 51.5 Å². The Morgan fingerprint density at radius 3 is 2.33 bits per heavy atom. The number of piperazine rings is 1. The molecule has 190 valence electrons. The van der Waals surface area contributed by atoms with Gasteiger partial charge in [-0.05, 0) is 31.2 Å². The Labute approximate surface area is 215 Å². The van der Waals surface area contributed by atoms with Gasteiger partial charge in [-0.1, -0.05) is 23.1 Å². The highest BCUT2D eigenvalue weighted by Gasteiger charge is 2.26. The van der Waals surface area contributed by atoms with Gasteiger partial charge in [0.15, 0.2) is 15.5 Å². The monoisotopic (exact) mass is 528 g/mol. The van der Waals surface area contributed by atoms with E-state index in [4.69, 9.17) is 9.72 Å². The molecule has 1 aliphatic heterocycles. The van der Waals surface area contributed by atoms with Gasteiger partial charge in [0.25, 0.3) is 5.56 Å². The molecule has 0 radical (unpaired) electrons. The van der Waals surface area contributed by atoms with Crippen LogP contribution in [0.3, 0.4) is 0 Å². The van der Waals surface area contributed by atoms with Crippen molar-refractivity contribution in [1.82, 2.24) is 28.9 Å². The highest BCUT2D eigenvalue weighted by Crippen LogP contribution is 2.27. The zero-order chi connectivity index (χ0) is 25.4. The number of imidazole rings is 1. The fraction of sp³-hybridized carbons (Fsp3) is 0.435. The molecule has 1 fully saturated rings. The molecule has 0 spiro atoms. The van der Waals surface area contributed by atoms with Crippen LogP contribution in [-0.2, 0) is 20.6 Å². The van der Waals surface area contributed by atoms with Gasteiger partial charge < -0.3 is 19.1 Å². The average Bonchev–Trinajstić information content (AvgIpc) is 3.50. The van der Waals surface area contributed by atoms with Crippen molar-refractivity contribution in [1.29, 1.82) is 0 Å². The number of fused-ring (bicyclic) bond motifs is 1. The van der Waals surface area contributed by atoms with Crippen LogP contribution in [0.5, 0.6) is 5.75 Å². The number of anilines is 2. The van der Waals surface area contributed by atoms with Crippen molar-refractivity contribution in [3.8, 4) is 5.75 Å². The number of thioether (sulfide) groups is 1. The predicted octanol–water partition coefficient (Wildman–Crippen LogP) is 1.72. The van der Waals surface area contributed by atoms with Gasteiger partial charge in [0.2, 0.25) is 5.95 Å². The fourth-order valence-electron chi connectivity index (χ4n) is 4.41. The lowest BCUT2D eigenvalue weighted by molar-refractivity contribution is 0.415. The van der Waals surface area contributed by atoms with Crippen molar-refractivity contribution in [2.24, 2.45) is 14.1 Å². The zero-order valence-corrected chi connectivity index (χ0v) is 22.3. The Hall–Kier alpha value is -3.32. The third-order valence-corrected chi connectivity index (χ3v) is 8.33. The van der Waals surface area contributed by atoms with E-state index in [2.05, 4.69) is 32.1 Å². The second-order valence-electron chi connectivity index (χ2n) is 8.55. The van der Waals surface area contributed by atoms with E-state index in [9.17, 15) is 9.59 Å². The number of benzene rings is 1.